The van der Waals surface area contributed by atoms with Crippen LogP contribution in [0.2, 0.25) is 0 Å². The lowest BCUT2D eigenvalue weighted by atomic mass is 9.93. The maximum Gasteiger partial charge on any atom is 0.277 e. The fourth-order valence-corrected chi connectivity index (χ4v) is 3.48. The van der Waals surface area contributed by atoms with Crippen molar-refractivity contribution in [2.75, 3.05) is 6.54 Å². The Morgan fingerprint density at radius 3 is 2.81 bits per heavy atom. The maximum absolute atomic E-state index is 13.0. The van der Waals surface area contributed by atoms with Crippen LogP contribution < -0.4 is 5.56 Å². The molecule has 26 heavy (non-hydrogen) atoms. The Hall–Kier alpha value is -2.41. The summed E-state index contributed by atoms with van der Waals surface area (Å²) in [5, 5.41) is 7.57. The number of aromatic amines is 1. The van der Waals surface area contributed by atoms with E-state index in [1.54, 1.807) is 4.52 Å². The lowest BCUT2D eigenvalue weighted by Gasteiger charge is -2.27. The van der Waals surface area contributed by atoms with E-state index in [-0.39, 0.29) is 11.0 Å². The lowest BCUT2D eigenvalue weighted by molar-refractivity contribution is 0.241. The Morgan fingerprint density at radius 1 is 1.31 bits per heavy atom. The molecular formula is C19H26N6O. The molecule has 138 valence electrons. The molecule has 4 rings (SSSR count). The van der Waals surface area contributed by atoms with E-state index in [0.29, 0.717) is 6.54 Å². The van der Waals surface area contributed by atoms with Crippen molar-refractivity contribution in [1.82, 2.24) is 29.3 Å². The molecule has 1 aliphatic heterocycles. The van der Waals surface area contributed by atoms with Gasteiger partial charge in [-0.2, -0.15) is 5.10 Å². The Balaban J connectivity index is 1.64. The van der Waals surface area contributed by atoms with Gasteiger partial charge in [0.05, 0.1) is 17.5 Å². The van der Waals surface area contributed by atoms with Gasteiger partial charge in [-0.25, -0.2) is 9.50 Å². The van der Waals surface area contributed by atoms with E-state index in [4.69, 9.17) is 4.98 Å². The highest BCUT2D eigenvalue weighted by molar-refractivity contribution is 5.43. The van der Waals surface area contributed by atoms with E-state index in [9.17, 15) is 4.79 Å². The number of aromatic nitrogens is 5. The first-order valence-corrected chi connectivity index (χ1v) is 9.23. The van der Waals surface area contributed by atoms with Gasteiger partial charge in [0.1, 0.15) is 0 Å². The summed E-state index contributed by atoms with van der Waals surface area (Å²) in [6.07, 6.45) is 4.79. The Labute approximate surface area is 152 Å². The van der Waals surface area contributed by atoms with Gasteiger partial charge in [0.15, 0.2) is 5.65 Å². The normalized spacial score (nSPS) is 15.5. The highest BCUT2D eigenvalue weighted by atomic mass is 16.1. The van der Waals surface area contributed by atoms with Gasteiger partial charge in [-0.1, -0.05) is 20.8 Å². The van der Waals surface area contributed by atoms with E-state index < -0.39 is 0 Å². The fraction of sp³-hybridized carbons (Fsp3) is 0.526. The zero-order chi connectivity index (χ0) is 18.5. The molecule has 7 heteroatoms. The molecular weight excluding hydrogens is 328 g/mol. The van der Waals surface area contributed by atoms with Crippen molar-refractivity contribution in [2.45, 2.75) is 59.2 Å². The third-order valence-electron chi connectivity index (χ3n) is 5.07. The molecule has 0 fully saturated rings. The van der Waals surface area contributed by atoms with E-state index in [2.05, 4.69) is 49.0 Å². The maximum atomic E-state index is 13.0. The first kappa shape index (κ1) is 17.0. The molecule has 0 radical (unpaired) electrons. The van der Waals surface area contributed by atoms with Crippen LogP contribution in [0.4, 0.5) is 0 Å². The third-order valence-corrected chi connectivity index (χ3v) is 5.07. The van der Waals surface area contributed by atoms with Crippen molar-refractivity contribution >= 4 is 5.65 Å². The third kappa shape index (κ3) is 2.96. The molecule has 0 spiro atoms. The molecule has 7 nitrogen and oxygen atoms in total. The summed E-state index contributed by atoms with van der Waals surface area (Å²) in [4.78, 5) is 20.1. The van der Waals surface area contributed by atoms with E-state index in [1.165, 1.54) is 5.56 Å². The molecule has 0 bridgehead atoms. The van der Waals surface area contributed by atoms with Crippen LogP contribution in [0.1, 0.15) is 50.2 Å². The number of nitrogens with one attached hydrogen (secondary N) is 1. The van der Waals surface area contributed by atoms with Crippen LogP contribution in [0, 0.1) is 0 Å². The lowest BCUT2D eigenvalue weighted by Crippen LogP contribution is -2.36. The van der Waals surface area contributed by atoms with Crippen LogP contribution in [-0.2, 0) is 31.5 Å². The largest absolute Gasteiger partial charge is 0.294 e. The van der Waals surface area contributed by atoms with Gasteiger partial charge >= 0.3 is 0 Å². The predicted octanol–water partition coefficient (Wildman–Crippen LogP) is 2.09. The molecule has 1 N–H and O–H groups in total. The number of rotatable bonds is 3. The van der Waals surface area contributed by atoms with Crippen molar-refractivity contribution in [1.29, 1.82) is 0 Å². The number of fused-ring (bicyclic) bond motifs is 2. The number of H-pyrrole nitrogens is 1. The molecule has 0 saturated carbocycles. The van der Waals surface area contributed by atoms with Crippen molar-refractivity contribution in [3.8, 4) is 0 Å². The molecule has 0 aromatic carbocycles. The topological polar surface area (TPSA) is 71.2 Å². The van der Waals surface area contributed by atoms with Crippen LogP contribution in [0.15, 0.2) is 23.3 Å². The summed E-state index contributed by atoms with van der Waals surface area (Å²) in [7, 11) is 0. The summed E-state index contributed by atoms with van der Waals surface area (Å²) >= 11 is 0. The van der Waals surface area contributed by atoms with E-state index in [1.807, 2.05) is 16.9 Å². The molecule has 1 aliphatic rings. The van der Waals surface area contributed by atoms with Gasteiger partial charge in [-0.15, -0.1) is 0 Å². The number of hydrogen-bond acceptors (Lipinski definition) is 4. The van der Waals surface area contributed by atoms with Gasteiger partial charge in [0.2, 0.25) is 0 Å². The van der Waals surface area contributed by atoms with Gasteiger partial charge in [-0.3, -0.25) is 19.5 Å². The summed E-state index contributed by atoms with van der Waals surface area (Å²) in [5.41, 5.74) is 4.64. The molecule has 4 heterocycles. The second-order valence-corrected chi connectivity index (χ2v) is 8.12. The first-order chi connectivity index (χ1) is 12.3. The predicted molar refractivity (Wildman–Crippen MR) is 100 cm³/mol. The molecule has 0 aliphatic carbocycles. The molecule has 0 amide bonds. The smallest absolute Gasteiger partial charge is 0.277 e. The zero-order valence-electron chi connectivity index (χ0n) is 15.9. The minimum absolute atomic E-state index is 0.0226. The van der Waals surface area contributed by atoms with E-state index >= 15 is 0 Å². The van der Waals surface area contributed by atoms with Crippen LogP contribution in [0.3, 0.4) is 0 Å². The molecule has 3 aromatic heterocycles. The molecule has 0 saturated heterocycles. The van der Waals surface area contributed by atoms with Crippen LogP contribution in [-0.4, -0.2) is 35.8 Å². The quantitative estimate of drug-likeness (QED) is 0.782. The van der Waals surface area contributed by atoms with Crippen molar-refractivity contribution in [3.63, 3.8) is 0 Å². The zero-order valence-corrected chi connectivity index (χ0v) is 15.9. The summed E-state index contributed by atoms with van der Waals surface area (Å²) in [5.74, 6) is 0. The Bertz CT molecular complexity index is 1000. The highest BCUT2D eigenvalue weighted by Gasteiger charge is 2.24. The highest BCUT2D eigenvalue weighted by Crippen LogP contribution is 2.22. The van der Waals surface area contributed by atoms with Gasteiger partial charge in [0.25, 0.3) is 5.56 Å². The Morgan fingerprint density at radius 2 is 2.12 bits per heavy atom. The number of hydrogen-bond donors (Lipinski definition) is 1. The van der Waals surface area contributed by atoms with Gasteiger partial charge < -0.3 is 0 Å². The summed E-state index contributed by atoms with van der Waals surface area (Å²) in [6.45, 7) is 11.7. The second kappa shape index (κ2) is 6.09. The standard InChI is InChI=1S/C19H26N6O/c1-5-24-11-13(9-20-24)10-23-7-6-15-14(12-23)18(26)25-17(21-15)8-16(22-25)19(2,3)4/h8-9,11,22H,5-7,10,12H2,1-4H3. The fourth-order valence-electron chi connectivity index (χ4n) is 3.48. The van der Waals surface area contributed by atoms with Crippen LogP contribution in [0.25, 0.3) is 5.65 Å². The van der Waals surface area contributed by atoms with Gasteiger partial charge in [-0.05, 0) is 6.92 Å². The average Bonchev–Trinajstić information content (AvgIpc) is 3.22. The first-order valence-electron chi connectivity index (χ1n) is 9.23. The van der Waals surface area contributed by atoms with Crippen molar-refractivity contribution in [3.05, 3.63) is 51.3 Å². The molecule has 3 aromatic rings. The van der Waals surface area contributed by atoms with Crippen LogP contribution in [0.5, 0.6) is 0 Å². The van der Waals surface area contributed by atoms with E-state index in [0.717, 1.165) is 48.7 Å². The molecule has 0 atom stereocenters. The van der Waals surface area contributed by atoms with Crippen molar-refractivity contribution in [2.24, 2.45) is 0 Å². The summed E-state index contributed by atoms with van der Waals surface area (Å²) < 4.78 is 3.53. The minimum Gasteiger partial charge on any atom is -0.294 e. The Kier molecular flexibility index (Phi) is 3.99. The number of nitrogens with zero attached hydrogens (tertiary/aromatic N) is 5. The van der Waals surface area contributed by atoms with Gasteiger partial charge in [0, 0.05) is 61.5 Å². The SMILES string of the molecule is CCn1cc(CN2CCc3nc4cc(C(C)(C)C)[nH]n4c(=O)c3C2)cn1. The number of aryl methyl sites for hydroxylation is 1. The molecule has 0 unspecified atom stereocenters. The average molecular weight is 354 g/mol. The monoisotopic (exact) mass is 354 g/mol. The minimum atomic E-state index is -0.0495. The van der Waals surface area contributed by atoms with Crippen molar-refractivity contribution < 1.29 is 0 Å². The van der Waals surface area contributed by atoms with Crippen LogP contribution >= 0.6 is 0 Å². The second-order valence-electron chi connectivity index (χ2n) is 8.12. The summed E-state index contributed by atoms with van der Waals surface area (Å²) in [6, 6.07) is 1.99.